The van der Waals surface area contributed by atoms with Crippen LogP contribution in [0.3, 0.4) is 0 Å². The molecule has 6 heteroatoms. The summed E-state index contributed by atoms with van der Waals surface area (Å²) in [7, 11) is 1.49. The van der Waals surface area contributed by atoms with E-state index in [4.69, 9.17) is 14.7 Å². The van der Waals surface area contributed by atoms with E-state index in [0.29, 0.717) is 11.3 Å². The van der Waals surface area contributed by atoms with Gasteiger partial charge in [0.05, 0.1) is 6.61 Å². The first-order chi connectivity index (χ1) is 10.1. The summed E-state index contributed by atoms with van der Waals surface area (Å²) in [6.07, 6.45) is 1.42. The quantitative estimate of drug-likeness (QED) is 0.373. The third-order valence-corrected chi connectivity index (χ3v) is 2.40. The van der Waals surface area contributed by atoms with Crippen LogP contribution in [0.1, 0.15) is 12.5 Å². The lowest BCUT2D eigenvalue weighted by atomic mass is 10.1. The van der Waals surface area contributed by atoms with Crippen molar-refractivity contribution in [1.29, 1.82) is 5.26 Å². The van der Waals surface area contributed by atoms with E-state index < -0.39 is 5.97 Å². The molecule has 0 unspecified atom stereocenters. The molecule has 0 heterocycles. The molecule has 21 heavy (non-hydrogen) atoms. The van der Waals surface area contributed by atoms with E-state index in [2.05, 4.69) is 5.32 Å². The highest BCUT2D eigenvalue weighted by atomic mass is 16.6. The number of methoxy groups -OCH3 is 1. The Bertz CT molecular complexity index is 570. The lowest BCUT2D eigenvalue weighted by Gasteiger charge is -2.04. The molecule has 0 fully saturated rings. The molecule has 0 bridgehead atoms. The van der Waals surface area contributed by atoms with Crippen LogP contribution in [0, 0.1) is 11.3 Å². The van der Waals surface area contributed by atoms with Gasteiger partial charge in [-0.3, -0.25) is 4.79 Å². The maximum absolute atomic E-state index is 11.6. The van der Waals surface area contributed by atoms with Crippen molar-refractivity contribution in [2.24, 2.45) is 0 Å². The van der Waals surface area contributed by atoms with Crippen LogP contribution in [0.15, 0.2) is 29.8 Å². The van der Waals surface area contributed by atoms with Gasteiger partial charge >= 0.3 is 5.97 Å². The van der Waals surface area contributed by atoms with Gasteiger partial charge in [-0.1, -0.05) is 12.1 Å². The van der Waals surface area contributed by atoms with E-state index >= 15 is 0 Å². The number of rotatable bonds is 6. The number of carbonyl (C=O) groups is 2. The summed E-state index contributed by atoms with van der Waals surface area (Å²) < 4.78 is 9.63. The standard InChI is InChI=1S/C15H16N2O4/c1-11(18)17-14-5-3-12(4-6-14)9-13(10-16)15(19)21-8-7-20-2/h3-6,9H,7-8H2,1-2H3,(H,17,18)/b13-9+. The zero-order valence-corrected chi connectivity index (χ0v) is 11.9. The highest BCUT2D eigenvalue weighted by molar-refractivity contribution is 5.98. The highest BCUT2D eigenvalue weighted by Gasteiger charge is 2.10. The van der Waals surface area contributed by atoms with Crippen molar-refractivity contribution in [2.75, 3.05) is 25.6 Å². The normalized spacial score (nSPS) is 10.6. The number of nitrogens with one attached hydrogen (secondary N) is 1. The second-order valence-electron chi connectivity index (χ2n) is 4.10. The number of ether oxygens (including phenoxy) is 2. The Morgan fingerprint density at radius 2 is 1.95 bits per heavy atom. The first-order valence-corrected chi connectivity index (χ1v) is 6.22. The maximum atomic E-state index is 11.6. The SMILES string of the molecule is COCCOC(=O)/C(C#N)=C/c1ccc(NC(C)=O)cc1. The first-order valence-electron chi connectivity index (χ1n) is 6.22. The minimum Gasteiger partial charge on any atom is -0.459 e. The van der Waals surface area contributed by atoms with E-state index in [1.807, 2.05) is 0 Å². The molecule has 0 aliphatic rings. The topological polar surface area (TPSA) is 88.4 Å². The molecule has 110 valence electrons. The van der Waals surface area contributed by atoms with E-state index in [-0.39, 0.29) is 24.7 Å². The van der Waals surface area contributed by atoms with Gasteiger partial charge in [0.25, 0.3) is 0 Å². The average Bonchev–Trinajstić information content (AvgIpc) is 2.46. The van der Waals surface area contributed by atoms with Crippen LogP contribution in [-0.2, 0) is 19.1 Å². The van der Waals surface area contributed by atoms with Gasteiger partial charge in [-0.05, 0) is 23.8 Å². The number of hydrogen-bond acceptors (Lipinski definition) is 5. The number of nitriles is 1. The molecule has 1 N–H and O–H groups in total. The van der Waals surface area contributed by atoms with Crippen LogP contribution in [-0.4, -0.2) is 32.2 Å². The van der Waals surface area contributed by atoms with Gasteiger partial charge in [0.15, 0.2) is 0 Å². The van der Waals surface area contributed by atoms with Crippen LogP contribution >= 0.6 is 0 Å². The lowest BCUT2D eigenvalue weighted by Crippen LogP contribution is -2.11. The van der Waals surface area contributed by atoms with Gasteiger partial charge in [0, 0.05) is 19.7 Å². The lowest BCUT2D eigenvalue weighted by molar-refractivity contribution is -0.139. The molecule has 6 nitrogen and oxygen atoms in total. The molecule has 0 saturated heterocycles. The van der Waals surface area contributed by atoms with Crippen LogP contribution in [0.5, 0.6) is 0 Å². The van der Waals surface area contributed by atoms with Crippen LogP contribution in [0.25, 0.3) is 6.08 Å². The Morgan fingerprint density at radius 3 is 2.48 bits per heavy atom. The summed E-state index contributed by atoms with van der Waals surface area (Å²) >= 11 is 0. The minimum absolute atomic E-state index is 0.0931. The fourth-order valence-corrected chi connectivity index (χ4v) is 1.46. The Labute approximate surface area is 123 Å². The number of benzene rings is 1. The fourth-order valence-electron chi connectivity index (χ4n) is 1.46. The summed E-state index contributed by atoms with van der Waals surface area (Å²) in [5, 5.41) is 11.6. The zero-order chi connectivity index (χ0) is 15.7. The van der Waals surface area contributed by atoms with Gasteiger partial charge in [0.1, 0.15) is 18.2 Å². The van der Waals surface area contributed by atoms with Gasteiger partial charge in [0.2, 0.25) is 5.91 Å². The second kappa shape index (κ2) is 8.51. The van der Waals surface area contributed by atoms with E-state index in [0.717, 1.165) is 0 Å². The second-order valence-corrected chi connectivity index (χ2v) is 4.10. The van der Waals surface area contributed by atoms with Crippen molar-refractivity contribution in [1.82, 2.24) is 0 Å². The molecule has 0 aromatic heterocycles. The number of carbonyl (C=O) groups excluding carboxylic acids is 2. The number of nitrogens with zero attached hydrogens (tertiary/aromatic N) is 1. The van der Waals surface area contributed by atoms with Crippen LogP contribution in [0.2, 0.25) is 0 Å². The molecule has 0 aliphatic heterocycles. The van der Waals surface area contributed by atoms with Crippen molar-refractivity contribution in [2.45, 2.75) is 6.92 Å². The largest absolute Gasteiger partial charge is 0.459 e. The number of esters is 1. The molecule has 0 radical (unpaired) electrons. The van der Waals surface area contributed by atoms with Crippen molar-refractivity contribution < 1.29 is 19.1 Å². The van der Waals surface area contributed by atoms with E-state index in [1.54, 1.807) is 30.3 Å². The molecule has 1 aromatic rings. The first kappa shape index (κ1) is 16.4. The Morgan fingerprint density at radius 1 is 1.29 bits per heavy atom. The molecule has 0 spiro atoms. The third kappa shape index (κ3) is 5.89. The molecular weight excluding hydrogens is 272 g/mol. The van der Waals surface area contributed by atoms with Gasteiger partial charge in [-0.25, -0.2) is 4.79 Å². The summed E-state index contributed by atoms with van der Waals surface area (Å²) in [6, 6.07) is 8.53. The van der Waals surface area contributed by atoms with Crippen LogP contribution < -0.4 is 5.32 Å². The van der Waals surface area contributed by atoms with Crippen molar-refractivity contribution >= 4 is 23.6 Å². The molecule has 1 rings (SSSR count). The predicted octanol–water partition coefficient (Wildman–Crippen LogP) is 1.74. The molecule has 0 aliphatic carbocycles. The number of amides is 1. The smallest absolute Gasteiger partial charge is 0.348 e. The minimum atomic E-state index is -0.694. The molecule has 1 aromatic carbocycles. The predicted molar refractivity (Wildman–Crippen MR) is 77.2 cm³/mol. The Hall–Kier alpha value is -2.65. The summed E-state index contributed by atoms with van der Waals surface area (Å²) in [5.41, 5.74) is 1.20. The van der Waals surface area contributed by atoms with Crippen molar-refractivity contribution in [3.8, 4) is 6.07 Å². The maximum Gasteiger partial charge on any atom is 0.348 e. The monoisotopic (exact) mass is 288 g/mol. The van der Waals surface area contributed by atoms with Gasteiger partial charge in [-0.15, -0.1) is 0 Å². The summed E-state index contributed by atoms with van der Waals surface area (Å²) in [6.45, 7) is 1.78. The van der Waals surface area contributed by atoms with Crippen molar-refractivity contribution in [3.05, 3.63) is 35.4 Å². The molecule has 0 saturated carbocycles. The highest BCUT2D eigenvalue weighted by Crippen LogP contribution is 2.13. The van der Waals surface area contributed by atoms with Gasteiger partial charge in [-0.2, -0.15) is 5.26 Å². The Kier molecular flexibility index (Phi) is 6.65. The number of hydrogen-bond donors (Lipinski definition) is 1. The summed E-state index contributed by atoms with van der Waals surface area (Å²) in [4.78, 5) is 22.5. The zero-order valence-electron chi connectivity index (χ0n) is 11.9. The van der Waals surface area contributed by atoms with Gasteiger partial charge < -0.3 is 14.8 Å². The molecule has 1 amide bonds. The van der Waals surface area contributed by atoms with E-state index in [1.165, 1.54) is 20.1 Å². The van der Waals surface area contributed by atoms with Crippen molar-refractivity contribution in [3.63, 3.8) is 0 Å². The molecular formula is C15H16N2O4. The third-order valence-electron chi connectivity index (χ3n) is 2.40. The summed E-state index contributed by atoms with van der Waals surface area (Å²) in [5.74, 6) is -0.863. The molecule has 0 atom stereocenters. The Balaban J connectivity index is 2.76. The van der Waals surface area contributed by atoms with E-state index in [9.17, 15) is 9.59 Å². The number of anilines is 1. The fraction of sp³-hybridized carbons (Fsp3) is 0.267. The average molecular weight is 288 g/mol. The van der Waals surface area contributed by atoms with Crippen LogP contribution in [0.4, 0.5) is 5.69 Å².